The average molecular weight is 488 g/mol. The number of rotatable bonds is 9. The summed E-state index contributed by atoms with van der Waals surface area (Å²) in [5, 5.41) is 12.6. The lowest BCUT2D eigenvalue weighted by atomic mass is 10.1. The number of hydrogen-bond acceptors (Lipinski definition) is 4. The summed E-state index contributed by atoms with van der Waals surface area (Å²) < 4.78 is 25.5. The zero-order valence-electron chi connectivity index (χ0n) is 17.2. The second-order valence-corrected chi connectivity index (χ2v) is 7.74. The Hall–Kier alpha value is -3.06. The first-order valence-electron chi connectivity index (χ1n) is 9.78. The van der Waals surface area contributed by atoms with Crippen molar-refractivity contribution in [2.45, 2.75) is 27.0 Å². The van der Waals surface area contributed by atoms with Gasteiger partial charge >= 0.3 is 5.97 Å². The van der Waals surface area contributed by atoms with Gasteiger partial charge in [-0.3, -0.25) is 0 Å². The van der Waals surface area contributed by atoms with E-state index in [4.69, 9.17) is 9.47 Å². The molecule has 0 heterocycles. The third-order valence-corrected chi connectivity index (χ3v) is 5.30. The molecule has 3 rings (SSSR count). The van der Waals surface area contributed by atoms with E-state index in [1.165, 1.54) is 12.1 Å². The molecule has 7 heteroatoms. The molecule has 0 aromatic heterocycles. The Balaban J connectivity index is 1.77. The minimum Gasteiger partial charge on any atom is -0.490 e. The number of carboxylic acids is 1. The Bertz CT molecular complexity index is 1070. The fourth-order valence-electron chi connectivity index (χ4n) is 3.12. The van der Waals surface area contributed by atoms with Crippen molar-refractivity contribution in [2.24, 2.45) is 0 Å². The number of halogens is 2. The molecule has 0 aliphatic rings. The summed E-state index contributed by atoms with van der Waals surface area (Å²) in [6.07, 6.45) is 0. The zero-order chi connectivity index (χ0) is 22.4. The van der Waals surface area contributed by atoms with Gasteiger partial charge < -0.3 is 19.9 Å². The standard InChI is InChI=1S/C24H23BrFNO4/c1-3-30-22-12-17(13-27-21-6-4-5-19(15(21)2)24(28)29)11-20(25)23(22)31-14-16-7-9-18(26)10-8-16/h4-12,27H,3,13-14H2,1-2H3,(H,28,29). The lowest BCUT2D eigenvalue weighted by Gasteiger charge is -2.17. The van der Waals surface area contributed by atoms with E-state index in [1.807, 2.05) is 25.1 Å². The smallest absolute Gasteiger partial charge is 0.336 e. The van der Waals surface area contributed by atoms with Gasteiger partial charge in [0.25, 0.3) is 0 Å². The van der Waals surface area contributed by atoms with Crippen molar-refractivity contribution in [1.29, 1.82) is 0 Å². The van der Waals surface area contributed by atoms with Gasteiger partial charge in [0.2, 0.25) is 0 Å². The number of carboxylic acid groups (broad SMARTS) is 1. The van der Waals surface area contributed by atoms with Crippen molar-refractivity contribution in [1.82, 2.24) is 0 Å². The highest BCUT2D eigenvalue weighted by Gasteiger charge is 2.14. The van der Waals surface area contributed by atoms with Gasteiger partial charge in [0.05, 0.1) is 16.6 Å². The molecule has 0 aliphatic heterocycles. The van der Waals surface area contributed by atoms with Gasteiger partial charge in [0.15, 0.2) is 11.5 Å². The van der Waals surface area contributed by atoms with Crippen LogP contribution in [0, 0.1) is 12.7 Å². The van der Waals surface area contributed by atoms with Crippen molar-refractivity contribution in [2.75, 3.05) is 11.9 Å². The minimum absolute atomic E-state index is 0.269. The van der Waals surface area contributed by atoms with E-state index in [0.29, 0.717) is 30.2 Å². The molecule has 2 N–H and O–H groups in total. The Morgan fingerprint density at radius 3 is 2.52 bits per heavy atom. The molecular weight excluding hydrogens is 465 g/mol. The molecule has 3 aromatic carbocycles. The molecule has 3 aromatic rings. The van der Waals surface area contributed by atoms with E-state index in [1.54, 1.807) is 31.2 Å². The van der Waals surface area contributed by atoms with Gasteiger partial charge in [-0.15, -0.1) is 0 Å². The van der Waals surface area contributed by atoms with Crippen LogP contribution in [0.1, 0.15) is 34.0 Å². The van der Waals surface area contributed by atoms with Crippen LogP contribution in [0.4, 0.5) is 10.1 Å². The SMILES string of the molecule is CCOc1cc(CNc2cccc(C(=O)O)c2C)cc(Br)c1OCc1ccc(F)cc1. The van der Waals surface area contributed by atoms with Crippen LogP contribution in [0.3, 0.4) is 0 Å². The van der Waals surface area contributed by atoms with Crippen LogP contribution in [0.15, 0.2) is 59.1 Å². The summed E-state index contributed by atoms with van der Waals surface area (Å²) in [5.41, 5.74) is 3.48. The summed E-state index contributed by atoms with van der Waals surface area (Å²) in [6, 6.07) is 15.1. The summed E-state index contributed by atoms with van der Waals surface area (Å²) in [4.78, 5) is 11.3. The van der Waals surface area contributed by atoms with Gasteiger partial charge in [-0.05, 0) is 82.9 Å². The van der Waals surface area contributed by atoms with E-state index in [2.05, 4.69) is 21.2 Å². The zero-order valence-corrected chi connectivity index (χ0v) is 18.8. The molecule has 0 fully saturated rings. The summed E-state index contributed by atoms with van der Waals surface area (Å²) in [6.45, 7) is 4.89. The number of aromatic carboxylic acids is 1. The highest BCUT2D eigenvalue weighted by Crippen LogP contribution is 2.38. The third-order valence-electron chi connectivity index (χ3n) is 4.71. The van der Waals surface area contributed by atoms with Crippen LogP contribution >= 0.6 is 15.9 Å². The third kappa shape index (κ3) is 5.76. The molecule has 0 saturated heterocycles. The first-order valence-corrected chi connectivity index (χ1v) is 10.6. The summed E-state index contributed by atoms with van der Waals surface area (Å²) in [7, 11) is 0. The molecule has 5 nitrogen and oxygen atoms in total. The minimum atomic E-state index is -0.954. The monoisotopic (exact) mass is 487 g/mol. The fourth-order valence-corrected chi connectivity index (χ4v) is 3.72. The first-order chi connectivity index (χ1) is 14.9. The van der Waals surface area contributed by atoms with Crippen molar-refractivity contribution in [3.63, 3.8) is 0 Å². The van der Waals surface area contributed by atoms with Gasteiger partial charge in [-0.25, -0.2) is 9.18 Å². The summed E-state index contributed by atoms with van der Waals surface area (Å²) >= 11 is 3.55. The van der Waals surface area contributed by atoms with Crippen LogP contribution in [0.5, 0.6) is 11.5 Å². The van der Waals surface area contributed by atoms with Crippen LogP contribution < -0.4 is 14.8 Å². The molecule has 0 unspecified atom stereocenters. The Kier molecular flexibility index (Phi) is 7.52. The van der Waals surface area contributed by atoms with Crippen molar-refractivity contribution in [3.05, 3.63) is 87.1 Å². The Labute approximate surface area is 189 Å². The molecule has 0 atom stereocenters. The molecule has 0 saturated carbocycles. The highest BCUT2D eigenvalue weighted by molar-refractivity contribution is 9.10. The van der Waals surface area contributed by atoms with Crippen LogP contribution in [-0.4, -0.2) is 17.7 Å². The van der Waals surface area contributed by atoms with E-state index in [-0.39, 0.29) is 18.0 Å². The molecule has 0 spiro atoms. The molecule has 31 heavy (non-hydrogen) atoms. The van der Waals surface area contributed by atoms with Gasteiger partial charge in [0, 0.05) is 12.2 Å². The number of hydrogen-bond donors (Lipinski definition) is 2. The van der Waals surface area contributed by atoms with E-state index in [0.717, 1.165) is 21.3 Å². The van der Waals surface area contributed by atoms with Crippen molar-refractivity contribution >= 4 is 27.6 Å². The number of benzene rings is 3. The van der Waals surface area contributed by atoms with Crippen molar-refractivity contribution < 1.29 is 23.8 Å². The lowest BCUT2D eigenvalue weighted by molar-refractivity contribution is 0.0696. The maximum atomic E-state index is 13.1. The first kappa shape index (κ1) is 22.6. The summed E-state index contributed by atoms with van der Waals surface area (Å²) in [5.74, 6) is -0.0862. The molecule has 0 bridgehead atoms. The van der Waals surface area contributed by atoms with E-state index >= 15 is 0 Å². The second-order valence-electron chi connectivity index (χ2n) is 6.89. The van der Waals surface area contributed by atoms with Crippen molar-refractivity contribution in [3.8, 4) is 11.5 Å². The van der Waals surface area contributed by atoms with E-state index in [9.17, 15) is 14.3 Å². The molecule has 162 valence electrons. The quantitative estimate of drug-likeness (QED) is 0.376. The number of anilines is 1. The van der Waals surface area contributed by atoms with Crippen LogP contribution in [0.25, 0.3) is 0 Å². The molecule has 0 radical (unpaired) electrons. The topological polar surface area (TPSA) is 67.8 Å². The maximum Gasteiger partial charge on any atom is 0.336 e. The lowest BCUT2D eigenvalue weighted by Crippen LogP contribution is -2.07. The van der Waals surface area contributed by atoms with Gasteiger partial charge in [-0.1, -0.05) is 18.2 Å². The average Bonchev–Trinajstić information content (AvgIpc) is 2.73. The van der Waals surface area contributed by atoms with Gasteiger partial charge in [0.1, 0.15) is 12.4 Å². The number of ether oxygens (including phenoxy) is 2. The predicted molar refractivity (Wildman–Crippen MR) is 122 cm³/mol. The second kappa shape index (κ2) is 10.3. The van der Waals surface area contributed by atoms with E-state index < -0.39 is 5.97 Å². The van der Waals surface area contributed by atoms with Crippen LogP contribution in [0.2, 0.25) is 0 Å². The fraction of sp³-hybridized carbons (Fsp3) is 0.208. The molecular formula is C24H23BrFNO4. The molecule has 0 amide bonds. The largest absolute Gasteiger partial charge is 0.490 e. The maximum absolute atomic E-state index is 13.1. The highest BCUT2D eigenvalue weighted by atomic mass is 79.9. The molecule has 0 aliphatic carbocycles. The Morgan fingerprint density at radius 2 is 1.84 bits per heavy atom. The normalized spacial score (nSPS) is 10.6. The number of nitrogens with one attached hydrogen (secondary N) is 1. The van der Waals surface area contributed by atoms with Gasteiger partial charge in [-0.2, -0.15) is 0 Å². The Morgan fingerprint density at radius 1 is 1.10 bits per heavy atom. The van der Waals surface area contributed by atoms with Crippen LogP contribution in [-0.2, 0) is 13.2 Å². The number of carbonyl (C=O) groups is 1. The predicted octanol–water partition coefficient (Wildman–Crippen LogP) is 6.18.